The van der Waals surface area contributed by atoms with Crippen LogP contribution >= 0.6 is 22.7 Å². The van der Waals surface area contributed by atoms with Crippen molar-refractivity contribution in [1.29, 1.82) is 0 Å². The van der Waals surface area contributed by atoms with Crippen LogP contribution in [0.5, 0.6) is 0 Å². The Hall–Kier alpha value is -2.50. The van der Waals surface area contributed by atoms with Crippen molar-refractivity contribution in [2.75, 3.05) is 4.90 Å². The Bertz CT molecular complexity index is 855. The summed E-state index contributed by atoms with van der Waals surface area (Å²) in [5, 5.41) is 5.29. The van der Waals surface area contributed by atoms with Gasteiger partial charge >= 0.3 is 0 Å². The smallest absolute Gasteiger partial charge is 0.138 e. The summed E-state index contributed by atoms with van der Waals surface area (Å²) in [5.41, 5.74) is 2.20. The first-order valence-corrected chi connectivity index (χ1v) is 8.91. The molecular weight excluding hydrogens is 322 g/mol. The van der Waals surface area contributed by atoms with E-state index in [1.54, 1.807) is 35.1 Å². The van der Waals surface area contributed by atoms with Crippen LogP contribution in [0, 0.1) is 0 Å². The Kier molecular flexibility index (Phi) is 3.88. The number of hydrogen-bond acceptors (Lipinski definition) is 5. The van der Waals surface area contributed by atoms with Gasteiger partial charge in [-0.2, -0.15) is 0 Å². The summed E-state index contributed by atoms with van der Waals surface area (Å²) in [5.74, 6) is 0.902. The van der Waals surface area contributed by atoms with E-state index in [1.165, 1.54) is 4.88 Å². The van der Waals surface area contributed by atoms with E-state index in [1.807, 2.05) is 24.4 Å². The van der Waals surface area contributed by atoms with E-state index >= 15 is 0 Å². The largest absolute Gasteiger partial charge is 0.286 e. The molecule has 0 aliphatic carbocycles. The molecule has 4 aromatic heterocycles. The van der Waals surface area contributed by atoms with Crippen LogP contribution in [0.3, 0.4) is 0 Å². The van der Waals surface area contributed by atoms with E-state index in [2.05, 4.69) is 56.0 Å². The molecule has 0 spiro atoms. The Morgan fingerprint density at radius 3 is 2.30 bits per heavy atom. The van der Waals surface area contributed by atoms with Gasteiger partial charge in [-0.05, 0) is 53.2 Å². The van der Waals surface area contributed by atoms with Gasteiger partial charge < -0.3 is 0 Å². The zero-order valence-electron chi connectivity index (χ0n) is 12.2. The van der Waals surface area contributed by atoms with Crippen molar-refractivity contribution in [3.63, 3.8) is 0 Å². The van der Waals surface area contributed by atoms with E-state index in [0.29, 0.717) is 0 Å². The first kappa shape index (κ1) is 14.1. The third kappa shape index (κ3) is 2.88. The Labute approximate surface area is 142 Å². The molecule has 112 valence electrons. The normalized spacial score (nSPS) is 10.6. The van der Waals surface area contributed by atoms with Crippen molar-refractivity contribution in [3.05, 3.63) is 77.9 Å². The van der Waals surface area contributed by atoms with E-state index in [-0.39, 0.29) is 0 Å². The topological polar surface area (TPSA) is 29.0 Å². The molecule has 0 bridgehead atoms. The zero-order chi connectivity index (χ0) is 15.5. The molecule has 0 saturated carbocycles. The minimum Gasteiger partial charge on any atom is -0.286 e. The number of thiophene rings is 2. The SMILES string of the molecule is c1csc(-c2ccc(N(c3ccncc3)c3cccs3)nc2)c1. The molecule has 0 aliphatic rings. The summed E-state index contributed by atoms with van der Waals surface area (Å²) in [7, 11) is 0. The third-order valence-electron chi connectivity index (χ3n) is 3.43. The van der Waals surface area contributed by atoms with Gasteiger partial charge in [-0.3, -0.25) is 9.88 Å². The summed E-state index contributed by atoms with van der Waals surface area (Å²) in [6, 6.07) is 16.5. The Morgan fingerprint density at radius 2 is 1.65 bits per heavy atom. The molecule has 0 saturated heterocycles. The summed E-state index contributed by atoms with van der Waals surface area (Å²) in [6.07, 6.45) is 5.54. The molecule has 0 aliphatic heterocycles. The standard InChI is InChI=1S/C18H13N3S2/c1-3-16(22-11-1)14-5-6-17(20-13-14)21(18-4-2-12-23-18)15-7-9-19-10-8-15/h1-13H. The van der Waals surface area contributed by atoms with Gasteiger partial charge in [0.1, 0.15) is 10.8 Å². The molecule has 0 atom stereocenters. The molecule has 0 N–H and O–H groups in total. The molecule has 0 fully saturated rings. The second kappa shape index (κ2) is 6.32. The van der Waals surface area contributed by atoms with Gasteiger partial charge in [0.05, 0.1) is 5.69 Å². The van der Waals surface area contributed by atoms with Crippen molar-refractivity contribution >= 4 is 39.2 Å². The highest BCUT2D eigenvalue weighted by molar-refractivity contribution is 7.14. The minimum atomic E-state index is 0.902. The second-order valence-corrected chi connectivity index (χ2v) is 6.75. The predicted octanol–water partition coefficient (Wildman–Crippen LogP) is 5.74. The van der Waals surface area contributed by atoms with Crippen LogP contribution in [0.15, 0.2) is 77.9 Å². The number of rotatable bonds is 4. The van der Waals surface area contributed by atoms with Gasteiger partial charge in [0.25, 0.3) is 0 Å². The van der Waals surface area contributed by atoms with Crippen LogP contribution in [-0.2, 0) is 0 Å². The highest BCUT2D eigenvalue weighted by atomic mass is 32.1. The van der Waals surface area contributed by atoms with E-state index in [4.69, 9.17) is 0 Å². The summed E-state index contributed by atoms with van der Waals surface area (Å²) < 4.78 is 0. The fourth-order valence-electron chi connectivity index (χ4n) is 2.37. The van der Waals surface area contributed by atoms with Crippen molar-refractivity contribution in [2.45, 2.75) is 0 Å². The van der Waals surface area contributed by atoms with Gasteiger partial charge in [0.15, 0.2) is 0 Å². The number of pyridine rings is 2. The summed E-state index contributed by atoms with van der Waals surface area (Å²) >= 11 is 3.41. The Balaban J connectivity index is 1.75. The quantitative estimate of drug-likeness (QED) is 0.476. The highest BCUT2D eigenvalue weighted by Gasteiger charge is 2.14. The lowest BCUT2D eigenvalue weighted by Gasteiger charge is -2.22. The average Bonchev–Trinajstić information content (AvgIpc) is 3.31. The van der Waals surface area contributed by atoms with Crippen LogP contribution in [0.4, 0.5) is 16.5 Å². The maximum atomic E-state index is 4.69. The first-order valence-electron chi connectivity index (χ1n) is 7.15. The lowest BCUT2D eigenvalue weighted by molar-refractivity contribution is 1.18. The van der Waals surface area contributed by atoms with Gasteiger partial charge in [0, 0.05) is 29.0 Å². The molecule has 4 aromatic rings. The fraction of sp³-hybridized carbons (Fsp3) is 0. The monoisotopic (exact) mass is 335 g/mol. The average molecular weight is 335 g/mol. The zero-order valence-corrected chi connectivity index (χ0v) is 13.8. The molecule has 0 aromatic carbocycles. The second-order valence-electron chi connectivity index (χ2n) is 4.87. The molecule has 4 rings (SSSR count). The fourth-order valence-corrected chi connectivity index (χ4v) is 3.85. The van der Waals surface area contributed by atoms with Crippen molar-refractivity contribution < 1.29 is 0 Å². The lowest BCUT2D eigenvalue weighted by Crippen LogP contribution is -2.09. The summed E-state index contributed by atoms with van der Waals surface area (Å²) in [6.45, 7) is 0. The van der Waals surface area contributed by atoms with Gasteiger partial charge in [-0.1, -0.05) is 6.07 Å². The maximum Gasteiger partial charge on any atom is 0.138 e. The third-order valence-corrected chi connectivity index (χ3v) is 5.20. The molecule has 23 heavy (non-hydrogen) atoms. The predicted molar refractivity (Wildman–Crippen MR) is 97.9 cm³/mol. The molecule has 5 heteroatoms. The molecular formula is C18H13N3S2. The van der Waals surface area contributed by atoms with E-state index < -0.39 is 0 Å². The lowest BCUT2D eigenvalue weighted by atomic mass is 10.2. The molecule has 0 amide bonds. The van der Waals surface area contributed by atoms with Gasteiger partial charge in [-0.25, -0.2) is 4.98 Å². The van der Waals surface area contributed by atoms with Crippen molar-refractivity contribution in [3.8, 4) is 10.4 Å². The molecule has 4 heterocycles. The first-order chi connectivity index (χ1) is 11.4. The van der Waals surface area contributed by atoms with Crippen LogP contribution in [-0.4, -0.2) is 9.97 Å². The number of hydrogen-bond donors (Lipinski definition) is 0. The number of nitrogens with zero attached hydrogens (tertiary/aromatic N) is 3. The molecule has 0 radical (unpaired) electrons. The van der Waals surface area contributed by atoms with E-state index in [9.17, 15) is 0 Å². The minimum absolute atomic E-state index is 0.902. The van der Waals surface area contributed by atoms with Crippen LogP contribution < -0.4 is 4.90 Å². The number of aromatic nitrogens is 2. The van der Waals surface area contributed by atoms with Crippen LogP contribution in [0.1, 0.15) is 0 Å². The summed E-state index contributed by atoms with van der Waals surface area (Å²) in [4.78, 5) is 12.2. The van der Waals surface area contributed by atoms with Crippen LogP contribution in [0.2, 0.25) is 0 Å². The van der Waals surface area contributed by atoms with Crippen molar-refractivity contribution in [1.82, 2.24) is 9.97 Å². The van der Waals surface area contributed by atoms with Gasteiger partial charge in [0.2, 0.25) is 0 Å². The van der Waals surface area contributed by atoms with Crippen molar-refractivity contribution in [2.24, 2.45) is 0 Å². The van der Waals surface area contributed by atoms with E-state index in [0.717, 1.165) is 22.1 Å². The highest BCUT2D eigenvalue weighted by Crippen LogP contribution is 2.36. The molecule has 3 nitrogen and oxygen atoms in total. The van der Waals surface area contributed by atoms with Gasteiger partial charge in [-0.15, -0.1) is 22.7 Å². The molecule has 0 unspecified atom stereocenters. The Morgan fingerprint density at radius 1 is 0.826 bits per heavy atom. The maximum absolute atomic E-state index is 4.69. The number of anilines is 3. The van der Waals surface area contributed by atoms with Crippen LogP contribution in [0.25, 0.3) is 10.4 Å².